The van der Waals surface area contributed by atoms with E-state index in [0.717, 1.165) is 91.8 Å². The van der Waals surface area contributed by atoms with E-state index in [0.29, 0.717) is 79.6 Å². The van der Waals surface area contributed by atoms with Crippen molar-refractivity contribution >= 4 is 104 Å². The number of aromatic nitrogens is 11. The van der Waals surface area contributed by atoms with Gasteiger partial charge in [0.25, 0.3) is 0 Å². The molecule has 4 saturated heterocycles. The van der Waals surface area contributed by atoms with Crippen LogP contribution in [0.3, 0.4) is 0 Å². The fourth-order valence-corrected chi connectivity index (χ4v) is 22.1. The molecule has 4 aliphatic rings. The van der Waals surface area contributed by atoms with Crippen LogP contribution in [-0.4, -0.2) is 216 Å². The van der Waals surface area contributed by atoms with Gasteiger partial charge in [0.1, 0.15) is 34.3 Å². The lowest BCUT2D eigenvalue weighted by Gasteiger charge is -2.33. The van der Waals surface area contributed by atoms with Crippen LogP contribution in [0, 0.1) is 71.6 Å². The highest BCUT2D eigenvalue weighted by atomic mass is 32.1. The van der Waals surface area contributed by atoms with Gasteiger partial charge in [-0.1, -0.05) is 171 Å². The van der Waals surface area contributed by atoms with E-state index in [2.05, 4.69) is 90.4 Å². The van der Waals surface area contributed by atoms with Crippen LogP contribution in [0.1, 0.15) is 234 Å². The smallest absolute Gasteiger partial charge is 0.234 e. The summed E-state index contributed by atoms with van der Waals surface area (Å²) in [6.45, 7) is 33.7. The Hall–Kier alpha value is -11.1. The minimum absolute atomic E-state index is 0.00393. The van der Waals surface area contributed by atoms with Crippen molar-refractivity contribution in [2.45, 2.75) is 267 Å². The average molecular weight is 1960 g/mol. The highest BCUT2D eigenvalue weighted by Gasteiger charge is 2.49. The van der Waals surface area contributed by atoms with Gasteiger partial charge in [0.2, 0.25) is 23.6 Å². The van der Waals surface area contributed by atoms with Crippen LogP contribution in [-0.2, 0) is 57.6 Å². The van der Waals surface area contributed by atoms with E-state index in [9.17, 15) is 58.8 Å². The summed E-state index contributed by atoms with van der Waals surface area (Å²) in [5.41, 5.74) is 18.1. The maximum atomic E-state index is 13.7. The van der Waals surface area contributed by atoms with Crippen LogP contribution in [0.5, 0.6) is 0 Å². The number of aromatic amines is 1. The molecule has 0 aliphatic carbocycles. The molecule has 0 bridgehead atoms. The number of rotatable bonds is 31. The van der Waals surface area contributed by atoms with Crippen LogP contribution in [0.15, 0.2) is 147 Å². The SMILES string of the molecule is Cc1cc([C@H](C(=O)N2C[C@H](O)C[C@H]2C(=O)CCc2ccc(-c3scnc3C)cc2)C(C)C)ns1.Cc1cc([C@H](C(=O)N2C[C@H](O)C[C@H]2C(=O)C[C@@H](C)c2ccc(-c3cnco3)cc2)C(C)(C)C)on1.Cc1nc([C@H](C(=O)N2C[C@H](O)C[C@H]2C(=O)CCc2ccc(-c3scnc3C)cc2)C(C)C)n[nH]1.Cc1nc([C@H](C(=O)N2C[C@H](O)C[C@H]2C(=O)CCc2ccc(-c3scnc3C)cc2)C(C)C)ns1. The molecule has 0 spiro atoms. The van der Waals surface area contributed by atoms with Crippen LogP contribution < -0.4 is 0 Å². The molecule has 137 heavy (non-hydrogen) atoms. The lowest BCUT2D eigenvalue weighted by molar-refractivity contribution is -0.141. The summed E-state index contributed by atoms with van der Waals surface area (Å²) in [6.07, 6.45) is 4.35. The predicted molar refractivity (Wildman–Crippen MR) is 530 cm³/mol. The molecule has 29 nitrogen and oxygen atoms in total. The van der Waals surface area contributed by atoms with Gasteiger partial charge in [-0.25, -0.2) is 29.9 Å². The Kier molecular flexibility index (Phi) is 34.8. The van der Waals surface area contributed by atoms with Crippen molar-refractivity contribution in [3.63, 3.8) is 0 Å². The summed E-state index contributed by atoms with van der Waals surface area (Å²) < 4.78 is 19.6. The van der Waals surface area contributed by atoms with Crippen molar-refractivity contribution < 1.29 is 67.7 Å². The van der Waals surface area contributed by atoms with E-state index in [1.807, 2.05) is 194 Å². The second kappa shape index (κ2) is 46.1. The summed E-state index contributed by atoms with van der Waals surface area (Å²) in [7, 11) is 0. The Morgan fingerprint density at radius 2 is 0.876 bits per heavy atom. The molecule has 4 amide bonds. The number of Topliss-reactive ketones (excluding diaryl/α,β-unsaturated/α-hetero) is 4. The van der Waals surface area contributed by atoms with E-state index in [1.54, 1.807) is 72.8 Å². The number of likely N-dealkylation sites (tertiary alicyclic amines) is 4. The molecular formula is C103H125N15O14S5. The first-order valence-corrected chi connectivity index (χ1v) is 51.0. The van der Waals surface area contributed by atoms with E-state index in [1.165, 1.54) is 29.5 Å². The van der Waals surface area contributed by atoms with E-state index < -0.39 is 77.7 Å². The number of H-pyrrole nitrogens is 1. The Bertz CT molecular complexity index is 5660. The molecule has 8 aromatic heterocycles. The first-order chi connectivity index (χ1) is 65.3. The van der Waals surface area contributed by atoms with Crippen LogP contribution in [0.2, 0.25) is 0 Å². The maximum Gasteiger partial charge on any atom is 0.234 e. The average Bonchev–Trinajstić information content (AvgIpc) is 1.61. The molecule has 0 saturated carbocycles. The van der Waals surface area contributed by atoms with Gasteiger partial charge in [0.15, 0.2) is 46.9 Å². The number of benzene rings is 4. The van der Waals surface area contributed by atoms with Gasteiger partial charge >= 0.3 is 0 Å². The molecule has 12 heterocycles. The minimum Gasteiger partial charge on any atom is -0.444 e. The summed E-state index contributed by atoms with van der Waals surface area (Å²) in [4.78, 5) is 144. The number of nitrogens with one attached hydrogen (secondary N) is 1. The quantitative estimate of drug-likeness (QED) is 0.0269. The lowest BCUT2D eigenvalue weighted by Crippen LogP contribution is -2.46. The normalized spacial score (nSPS) is 19.3. The molecular weight excluding hydrogens is 1830 g/mol. The van der Waals surface area contributed by atoms with Crippen molar-refractivity contribution in [2.75, 3.05) is 26.2 Å². The Labute approximate surface area is 820 Å². The van der Waals surface area contributed by atoms with Crippen molar-refractivity contribution in [3.05, 3.63) is 222 Å². The van der Waals surface area contributed by atoms with Gasteiger partial charge in [-0.3, -0.25) is 43.5 Å². The molecule has 4 aromatic carbocycles. The highest BCUT2D eigenvalue weighted by Crippen LogP contribution is 2.42. The zero-order chi connectivity index (χ0) is 98.5. The van der Waals surface area contributed by atoms with Crippen LogP contribution in [0.4, 0.5) is 0 Å². The number of aryl methyl sites for hydroxylation is 10. The molecule has 12 aromatic rings. The van der Waals surface area contributed by atoms with Crippen molar-refractivity contribution in [1.82, 2.24) is 73.6 Å². The first-order valence-electron chi connectivity index (χ1n) is 46.8. The zero-order valence-electron chi connectivity index (χ0n) is 80.8. The third kappa shape index (κ3) is 25.7. The number of oxazole rings is 1. The topological polar surface area (TPSA) is 401 Å². The molecule has 13 atom stereocenters. The van der Waals surface area contributed by atoms with Crippen molar-refractivity contribution in [2.24, 2.45) is 23.2 Å². The number of ketones is 4. The highest BCUT2D eigenvalue weighted by molar-refractivity contribution is 7.14. The standard InChI is InChI=1S/C27H33N3O5.C26H31N3O3S2.C25H31N5O3S.C25H30N4O3S2/c1-16(18-6-8-19(9-7-18)24-13-28-15-34-24)10-22(32)21-12-20(31)14-30(21)26(33)25(27(3,4)5)23-11-17(2)29-35-23;1-15(2)24(21-11-16(3)34-28-21)26(32)29-13-20(30)12-22(29)23(31)10-7-18-5-8-19(9-6-18)25-17(4)27-14-33-25;1-14(2)22(24-27-16(4)28-29-24)25(33)30-12-19(31)11-20(30)21(32)10-7-17-5-8-18(9-6-17)23-15(3)26-13-34-23;1-14(2)22(24-27-16(4)34-28-24)25(32)29-12-19(30)11-20(29)21(31)10-7-17-5-8-18(9-6-17)23-15(3)26-13-33-23/h6-9,11,13,15-16,20-21,25,31H,10,12,14H2,1-5H3;5-6,8-9,11,14-15,20,22,24,30H,7,10,12-13H2,1-4H3;5-6,8-9,13-14,19-20,22,31H,7,10-12H2,1-4H3,(H,27,28,29);5-6,8-9,13-14,19-20,22,30H,7,10-12H2,1-4H3/t16-,20-,21+,25-;20-,22+,24-;2*19-,20+,22-/m1111/s1. The van der Waals surface area contributed by atoms with Gasteiger partial charge in [0, 0.05) is 94.1 Å². The molecule has 4 aliphatic heterocycles. The van der Waals surface area contributed by atoms with E-state index in [4.69, 9.17) is 8.94 Å². The first kappa shape index (κ1) is 103. The number of thiazole rings is 3. The molecule has 0 radical (unpaired) electrons. The van der Waals surface area contributed by atoms with Crippen molar-refractivity contribution in [1.29, 1.82) is 0 Å². The van der Waals surface area contributed by atoms with Crippen molar-refractivity contribution in [3.8, 4) is 42.6 Å². The van der Waals surface area contributed by atoms with Crippen LogP contribution in [0.25, 0.3) is 42.6 Å². The monoisotopic (exact) mass is 1960 g/mol. The van der Waals surface area contributed by atoms with Gasteiger partial charge in [0.05, 0.1) is 120 Å². The summed E-state index contributed by atoms with van der Waals surface area (Å²) >= 11 is 7.51. The number of carbonyl (C=O) groups excluding carboxylic acids is 8. The second-order valence-corrected chi connectivity index (χ2v) is 43.1. The van der Waals surface area contributed by atoms with Gasteiger partial charge in [-0.05, 0) is 165 Å². The number of carbonyl (C=O) groups is 8. The molecule has 5 N–H and O–H groups in total. The minimum atomic E-state index is -0.735. The number of nitrogens with zero attached hydrogens (tertiary/aromatic N) is 14. The van der Waals surface area contributed by atoms with E-state index in [-0.39, 0.29) is 122 Å². The number of aliphatic hydroxyl groups excluding tert-OH is 4. The zero-order valence-corrected chi connectivity index (χ0v) is 84.9. The molecule has 16 rings (SSSR count). The largest absolute Gasteiger partial charge is 0.444 e. The van der Waals surface area contributed by atoms with Crippen LogP contribution >= 0.6 is 57.1 Å². The fraction of sp³-hybridized carbons (Fsp3) is 0.476. The number of amides is 4. The summed E-state index contributed by atoms with van der Waals surface area (Å²) in [6, 6.07) is 33.7. The molecule has 726 valence electrons. The third-order valence-electron chi connectivity index (χ3n) is 25.8. The number of β-amino-alcohol motifs (C(OH)–C–C–N with tert-alkyl or cyclic N) is 4. The molecule has 34 heteroatoms. The third-order valence-corrected chi connectivity index (χ3v) is 30.1. The maximum absolute atomic E-state index is 13.7. The fourth-order valence-electron chi connectivity index (χ4n) is 18.6. The van der Waals surface area contributed by atoms with Gasteiger partial charge in [-0.15, -0.1) is 34.0 Å². The summed E-state index contributed by atoms with van der Waals surface area (Å²) in [5.74, 6) is -0.214. The Morgan fingerprint density at radius 1 is 0.474 bits per heavy atom. The number of hydrogen-bond donors (Lipinski definition) is 5. The number of aliphatic hydroxyl groups is 4. The van der Waals surface area contributed by atoms with Gasteiger partial charge in [-0.2, -0.15) is 13.8 Å². The predicted octanol–water partition coefficient (Wildman–Crippen LogP) is 16.9. The molecule has 0 unspecified atom stereocenters. The number of hydrogen-bond acceptors (Lipinski definition) is 29. The Balaban J connectivity index is 0.000000154. The van der Waals surface area contributed by atoms with Gasteiger partial charge < -0.3 is 49.0 Å². The second-order valence-electron chi connectivity index (χ2n) is 38.6. The Morgan fingerprint density at radius 3 is 1.21 bits per heavy atom. The molecule has 4 fully saturated rings. The lowest BCUT2D eigenvalue weighted by atomic mass is 9.78. The van der Waals surface area contributed by atoms with E-state index >= 15 is 0 Å². The summed E-state index contributed by atoms with van der Waals surface area (Å²) in [5, 5.41) is 53.1.